The zero-order chi connectivity index (χ0) is 22.5. The van der Waals surface area contributed by atoms with Crippen LogP contribution in [0, 0.1) is 17.7 Å². The molecule has 1 heterocycles. The first kappa shape index (κ1) is 21.3. The SMILES string of the molecule is COC(=O)CC1COc2cc(OCc3cc(C#Cc4cccc(N)c4)ccc3F)ccc21. The highest BCUT2D eigenvalue weighted by atomic mass is 19.1. The van der Waals surface area contributed by atoms with E-state index in [0.29, 0.717) is 34.9 Å². The predicted molar refractivity (Wildman–Crippen MR) is 119 cm³/mol. The molecular formula is C26H22FNO4. The number of rotatable bonds is 5. The highest BCUT2D eigenvalue weighted by molar-refractivity contribution is 5.71. The minimum atomic E-state index is -0.366. The molecule has 1 atom stereocenters. The first-order valence-electron chi connectivity index (χ1n) is 10.1. The van der Waals surface area contributed by atoms with Gasteiger partial charge in [0.1, 0.15) is 23.9 Å². The highest BCUT2D eigenvalue weighted by Crippen LogP contribution is 2.38. The zero-order valence-corrected chi connectivity index (χ0v) is 17.6. The van der Waals surface area contributed by atoms with Gasteiger partial charge in [-0.1, -0.05) is 24.0 Å². The fourth-order valence-corrected chi connectivity index (χ4v) is 3.49. The maximum absolute atomic E-state index is 14.3. The molecule has 1 unspecified atom stereocenters. The van der Waals surface area contributed by atoms with E-state index in [0.717, 1.165) is 11.1 Å². The van der Waals surface area contributed by atoms with Crippen LogP contribution in [0.2, 0.25) is 0 Å². The van der Waals surface area contributed by atoms with E-state index in [1.54, 1.807) is 36.4 Å². The van der Waals surface area contributed by atoms with Gasteiger partial charge in [-0.25, -0.2) is 4.39 Å². The van der Waals surface area contributed by atoms with Crippen molar-refractivity contribution in [1.82, 2.24) is 0 Å². The Hall–Kier alpha value is -3.98. The number of hydrogen-bond acceptors (Lipinski definition) is 5. The Morgan fingerprint density at radius 3 is 2.72 bits per heavy atom. The average Bonchev–Trinajstić information content (AvgIpc) is 3.19. The standard InChI is InChI=1S/C26H22FNO4/c1-30-26(29)13-19-15-32-25-14-22(8-9-23(19)25)31-16-20-11-18(7-10-24(20)27)6-5-17-3-2-4-21(28)12-17/h2-4,7-12,14,19H,13,15-16,28H2,1H3. The Morgan fingerprint density at radius 1 is 1.12 bits per heavy atom. The van der Waals surface area contributed by atoms with Crippen LogP contribution in [0.5, 0.6) is 11.5 Å². The van der Waals surface area contributed by atoms with Gasteiger partial charge < -0.3 is 19.9 Å². The number of methoxy groups -OCH3 is 1. The van der Waals surface area contributed by atoms with Crippen LogP contribution in [0.4, 0.5) is 10.1 Å². The van der Waals surface area contributed by atoms with Crippen LogP contribution in [0.15, 0.2) is 60.7 Å². The van der Waals surface area contributed by atoms with Crippen LogP contribution in [0.3, 0.4) is 0 Å². The molecule has 32 heavy (non-hydrogen) atoms. The van der Waals surface area contributed by atoms with Gasteiger partial charge >= 0.3 is 5.97 Å². The summed E-state index contributed by atoms with van der Waals surface area (Å²) in [6.45, 7) is 0.459. The van der Waals surface area contributed by atoms with Crippen LogP contribution in [-0.2, 0) is 16.1 Å². The van der Waals surface area contributed by atoms with Crippen molar-refractivity contribution < 1.29 is 23.4 Å². The summed E-state index contributed by atoms with van der Waals surface area (Å²) in [7, 11) is 1.37. The van der Waals surface area contributed by atoms with E-state index in [2.05, 4.69) is 11.8 Å². The Bertz CT molecular complexity index is 1210. The van der Waals surface area contributed by atoms with Gasteiger partial charge in [-0.15, -0.1) is 0 Å². The topological polar surface area (TPSA) is 70.8 Å². The second-order valence-electron chi connectivity index (χ2n) is 7.46. The Balaban J connectivity index is 1.44. The molecule has 0 fully saturated rings. The number of nitrogen functional groups attached to an aromatic ring is 1. The quantitative estimate of drug-likeness (QED) is 0.368. The summed E-state index contributed by atoms with van der Waals surface area (Å²) in [4.78, 5) is 11.6. The van der Waals surface area contributed by atoms with E-state index in [4.69, 9.17) is 19.9 Å². The van der Waals surface area contributed by atoms with E-state index in [-0.39, 0.29) is 30.7 Å². The molecule has 6 heteroatoms. The zero-order valence-electron chi connectivity index (χ0n) is 17.6. The van der Waals surface area contributed by atoms with Gasteiger partial charge in [-0.3, -0.25) is 4.79 Å². The van der Waals surface area contributed by atoms with Crippen LogP contribution in [-0.4, -0.2) is 19.7 Å². The largest absolute Gasteiger partial charge is 0.492 e. The van der Waals surface area contributed by atoms with E-state index in [1.165, 1.54) is 13.2 Å². The molecule has 0 aliphatic carbocycles. The minimum Gasteiger partial charge on any atom is -0.492 e. The van der Waals surface area contributed by atoms with Gasteiger partial charge in [0, 0.05) is 39.9 Å². The number of fused-ring (bicyclic) bond motifs is 1. The number of carbonyl (C=O) groups is 1. The molecule has 0 saturated carbocycles. The molecule has 162 valence electrons. The predicted octanol–water partition coefficient (Wildman–Crippen LogP) is 4.43. The maximum atomic E-state index is 14.3. The summed E-state index contributed by atoms with van der Waals surface area (Å²) >= 11 is 0. The first-order valence-corrected chi connectivity index (χ1v) is 10.1. The van der Waals surface area contributed by atoms with Crippen LogP contribution in [0.25, 0.3) is 0 Å². The number of benzene rings is 3. The Kier molecular flexibility index (Phi) is 6.27. The molecule has 1 aliphatic rings. The number of nitrogens with two attached hydrogens (primary N) is 1. The molecule has 3 aromatic carbocycles. The van der Waals surface area contributed by atoms with Gasteiger partial charge in [-0.05, 0) is 42.5 Å². The van der Waals surface area contributed by atoms with Crippen molar-refractivity contribution in [2.24, 2.45) is 0 Å². The average molecular weight is 431 g/mol. The lowest BCUT2D eigenvalue weighted by atomic mass is 9.98. The number of anilines is 1. The van der Waals surface area contributed by atoms with Crippen molar-refractivity contribution in [1.29, 1.82) is 0 Å². The normalized spacial score (nSPS) is 14.0. The molecule has 0 bridgehead atoms. The lowest BCUT2D eigenvalue weighted by Crippen LogP contribution is -2.09. The van der Waals surface area contributed by atoms with Crippen molar-refractivity contribution >= 4 is 11.7 Å². The van der Waals surface area contributed by atoms with Gasteiger partial charge in [0.15, 0.2) is 0 Å². The number of hydrogen-bond donors (Lipinski definition) is 1. The monoisotopic (exact) mass is 431 g/mol. The van der Waals surface area contributed by atoms with Gasteiger partial charge in [0.25, 0.3) is 0 Å². The van der Waals surface area contributed by atoms with Crippen molar-refractivity contribution in [2.75, 3.05) is 19.5 Å². The molecule has 1 aliphatic heterocycles. The molecule has 0 radical (unpaired) electrons. The molecular weight excluding hydrogens is 409 g/mol. The van der Waals surface area contributed by atoms with Crippen LogP contribution >= 0.6 is 0 Å². The van der Waals surface area contributed by atoms with Crippen molar-refractivity contribution in [2.45, 2.75) is 18.9 Å². The van der Waals surface area contributed by atoms with Gasteiger partial charge in [-0.2, -0.15) is 0 Å². The Labute approximate surface area is 185 Å². The molecule has 5 nitrogen and oxygen atoms in total. The number of carbonyl (C=O) groups excluding carboxylic acids is 1. The second-order valence-corrected chi connectivity index (χ2v) is 7.46. The molecule has 3 aromatic rings. The smallest absolute Gasteiger partial charge is 0.306 e. The summed E-state index contributed by atoms with van der Waals surface area (Å²) in [5.41, 5.74) is 9.21. The second kappa shape index (κ2) is 9.44. The third kappa shape index (κ3) is 5.01. The Morgan fingerprint density at radius 2 is 1.94 bits per heavy atom. The molecule has 0 amide bonds. The van der Waals surface area contributed by atoms with Gasteiger partial charge in [0.2, 0.25) is 0 Å². The fraction of sp³-hybridized carbons (Fsp3) is 0.192. The molecule has 0 aromatic heterocycles. The first-order chi connectivity index (χ1) is 15.5. The number of halogens is 1. The van der Waals surface area contributed by atoms with Crippen molar-refractivity contribution in [3.05, 3.63) is 88.7 Å². The summed E-state index contributed by atoms with van der Waals surface area (Å²) < 4.78 is 30.5. The molecule has 4 rings (SSSR count). The summed E-state index contributed by atoms with van der Waals surface area (Å²) in [5.74, 6) is 6.59. The highest BCUT2D eigenvalue weighted by Gasteiger charge is 2.27. The molecule has 0 spiro atoms. The molecule has 0 saturated heterocycles. The lowest BCUT2D eigenvalue weighted by Gasteiger charge is -2.10. The molecule has 2 N–H and O–H groups in total. The van der Waals surface area contributed by atoms with Gasteiger partial charge in [0.05, 0.1) is 20.1 Å². The maximum Gasteiger partial charge on any atom is 0.306 e. The lowest BCUT2D eigenvalue weighted by molar-refractivity contribution is -0.141. The van der Waals surface area contributed by atoms with E-state index in [9.17, 15) is 9.18 Å². The van der Waals surface area contributed by atoms with E-state index >= 15 is 0 Å². The third-order valence-electron chi connectivity index (χ3n) is 5.18. The summed E-state index contributed by atoms with van der Waals surface area (Å²) in [5, 5.41) is 0. The van der Waals surface area contributed by atoms with Crippen LogP contribution < -0.4 is 15.2 Å². The summed E-state index contributed by atoms with van der Waals surface area (Å²) in [6.07, 6.45) is 0.262. The summed E-state index contributed by atoms with van der Waals surface area (Å²) in [6, 6.07) is 17.4. The number of ether oxygens (including phenoxy) is 3. The number of esters is 1. The third-order valence-corrected chi connectivity index (χ3v) is 5.18. The minimum absolute atomic E-state index is 0.0424. The fourth-order valence-electron chi connectivity index (χ4n) is 3.49. The van der Waals surface area contributed by atoms with Crippen LogP contribution in [0.1, 0.15) is 34.6 Å². The van der Waals surface area contributed by atoms with E-state index < -0.39 is 0 Å². The van der Waals surface area contributed by atoms with Crippen molar-refractivity contribution in [3.63, 3.8) is 0 Å². The van der Waals surface area contributed by atoms with Crippen molar-refractivity contribution in [3.8, 4) is 23.3 Å². The van der Waals surface area contributed by atoms with E-state index in [1.807, 2.05) is 18.2 Å².